The maximum absolute atomic E-state index is 12.8. The molecule has 1 amide bonds. The highest BCUT2D eigenvalue weighted by atomic mass is 35.5. The van der Waals surface area contributed by atoms with Gasteiger partial charge in [0.1, 0.15) is 0 Å². The summed E-state index contributed by atoms with van der Waals surface area (Å²) >= 11 is 5.97. The number of halogens is 1. The van der Waals surface area contributed by atoms with Crippen LogP contribution in [-0.4, -0.2) is 20.9 Å². The van der Waals surface area contributed by atoms with Gasteiger partial charge in [0.05, 0.1) is 16.8 Å². The SMILES string of the molecule is O=C(Nc1ncccn1)c1cc(-c2ccc(Cl)cc2)nc2ccccc12. The number of amides is 1. The number of aromatic nitrogens is 3. The molecule has 4 aromatic rings. The second-order valence-electron chi connectivity index (χ2n) is 5.61. The van der Waals surface area contributed by atoms with Crippen molar-refractivity contribution < 1.29 is 4.79 Å². The highest BCUT2D eigenvalue weighted by Gasteiger charge is 2.15. The lowest BCUT2D eigenvalue weighted by atomic mass is 10.0. The van der Waals surface area contributed by atoms with E-state index >= 15 is 0 Å². The van der Waals surface area contributed by atoms with Gasteiger partial charge in [-0.05, 0) is 30.3 Å². The van der Waals surface area contributed by atoms with Gasteiger partial charge in [-0.1, -0.05) is 41.9 Å². The summed E-state index contributed by atoms with van der Waals surface area (Å²) in [7, 11) is 0. The number of hydrogen-bond donors (Lipinski definition) is 1. The van der Waals surface area contributed by atoms with Crippen molar-refractivity contribution in [2.75, 3.05) is 5.32 Å². The third-order valence-electron chi connectivity index (χ3n) is 3.89. The summed E-state index contributed by atoms with van der Waals surface area (Å²) in [6.07, 6.45) is 3.15. The Labute approximate surface area is 154 Å². The van der Waals surface area contributed by atoms with Crippen LogP contribution in [0.15, 0.2) is 73.1 Å². The Morgan fingerprint density at radius 1 is 0.923 bits per heavy atom. The Morgan fingerprint density at radius 2 is 1.65 bits per heavy atom. The average molecular weight is 361 g/mol. The van der Waals surface area contributed by atoms with Gasteiger partial charge < -0.3 is 0 Å². The Bertz CT molecular complexity index is 1080. The number of benzene rings is 2. The molecule has 0 saturated carbocycles. The average Bonchev–Trinajstić information content (AvgIpc) is 2.68. The highest BCUT2D eigenvalue weighted by Crippen LogP contribution is 2.26. The molecule has 0 aliphatic carbocycles. The van der Waals surface area contributed by atoms with Gasteiger partial charge in [-0.3, -0.25) is 10.1 Å². The van der Waals surface area contributed by atoms with E-state index in [1.807, 2.05) is 36.4 Å². The summed E-state index contributed by atoms with van der Waals surface area (Å²) in [5.41, 5.74) is 2.82. The molecule has 2 heterocycles. The minimum Gasteiger partial charge on any atom is -0.290 e. The Morgan fingerprint density at radius 3 is 2.42 bits per heavy atom. The van der Waals surface area contributed by atoms with E-state index in [0.717, 1.165) is 16.5 Å². The van der Waals surface area contributed by atoms with Crippen molar-refractivity contribution in [2.24, 2.45) is 0 Å². The van der Waals surface area contributed by atoms with Gasteiger partial charge in [-0.2, -0.15) is 0 Å². The molecule has 0 bridgehead atoms. The second kappa shape index (κ2) is 6.90. The van der Waals surface area contributed by atoms with Gasteiger partial charge in [0, 0.05) is 28.4 Å². The molecule has 4 rings (SSSR count). The summed E-state index contributed by atoms with van der Waals surface area (Å²) in [6.45, 7) is 0. The first-order valence-corrected chi connectivity index (χ1v) is 8.32. The van der Waals surface area contributed by atoms with Crippen molar-refractivity contribution in [3.05, 3.63) is 83.6 Å². The van der Waals surface area contributed by atoms with Gasteiger partial charge in [-0.25, -0.2) is 15.0 Å². The van der Waals surface area contributed by atoms with E-state index < -0.39 is 0 Å². The van der Waals surface area contributed by atoms with Crippen molar-refractivity contribution in [1.82, 2.24) is 15.0 Å². The number of nitrogens with zero attached hydrogens (tertiary/aromatic N) is 3. The predicted molar refractivity (Wildman–Crippen MR) is 102 cm³/mol. The molecule has 1 N–H and O–H groups in total. The van der Waals surface area contributed by atoms with Gasteiger partial charge >= 0.3 is 0 Å². The molecule has 2 aromatic heterocycles. The minimum atomic E-state index is -0.287. The standard InChI is InChI=1S/C20H13ClN4O/c21-14-8-6-13(7-9-14)18-12-16(15-4-1-2-5-17(15)24-18)19(26)25-20-22-10-3-11-23-20/h1-12H,(H,22,23,25,26). The van der Waals surface area contributed by atoms with Crippen molar-refractivity contribution >= 4 is 34.4 Å². The first-order chi connectivity index (χ1) is 12.7. The van der Waals surface area contributed by atoms with Crippen molar-refractivity contribution in [3.8, 4) is 11.3 Å². The number of nitrogens with one attached hydrogen (secondary N) is 1. The van der Waals surface area contributed by atoms with E-state index in [-0.39, 0.29) is 11.9 Å². The largest absolute Gasteiger partial charge is 0.290 e. The van der Waals surface area contributed by atoms with Crippen LogP contribution in [0.5, 0.6) is 0 Å². The lowest BCUT2D eigenvalue weighted by Gasteiger charge is -2.10. The third kappa shape index (κ3) is 3.25. The minimum absolute atomic E-state index is 0.256. The molecule has 0 fully saturated rings. The molecule has 6 heteroatoms. The number of pyridine rings is 1. The monoisotopic (exact) mass is 360 g/mol. The Balaban J connectivity index is 1.82. The molecule has 0 unspecified atom stereocenters. The molecule has 0 spiro atoms. The van der Waals surface area contributed by atoms with Crippen LogP contribution in [-0.2, 0) is 0 Å². The summed E-state index contributed by atoms with van der Waals surface area (Å²) in [6, 6.07) is 18.3. The van der Waals surface area contributed by atoms with E-state index in [0.29, 0.717) is 16.3 Å². The molecule has 0 atom stereocenters. The molecule has 126 valence electrons. The maximum atomic E-state index is 12.8. The van der Waals surface area contributed by atoms with E-state index in [1.165, 1.54) is 0 Å². The molecule has 0 aliphatic heterocycles. The molecular weight excluding hydrogens is 348 g/mol. The van der Waals surface area contributed by atoms with Gasteiger partial charge in [-0.15, -0.1) is 0 Å². The van der Waals surface area contributed by atoms with Crippen molar-refractivity contribution in [3.63, 3.8) is 0 Å². The zero-order valence-corrected chi connectivity index (χ0v) is 14.3. The molecular formula is C20H13ClN4O. The normalized spacial score (nSPS) is 10.7. The molecule has 26 heavy (non-hydrogen) atoms. The van der Waals surface area contributed by atoms with E-state index in [2.05, 4.69) is 20.3 Å². The lowest BCUT2D eigenvalue weighted by molar-refractivity contribution is 0.102. The van der Waals surface area contributed by atoms with E-state index in [9.17, 15) is 4.79 Å². The quantitative estimate of drug-likeness (QED) is 0.580. The first kappa shape index (κ1) is 16.2. The van der Waals surface area contributed by atoms with Crippen LogP contribution in [0.2, 0.25) is 5.02 Å². The van der Waals surface area contributed by atoms with E-state index in [1.54, 1.807) is 36.7 Å². The molecule has 0 aliphatic rings. The number of fused-ring (bicyclic) bond motifs is 1. The zero-order chi connectivity index (χ0) is 17.9. The molecule has 0 radical (unpaired) electrons. The number of carbonyl (C=O) groups excluding carboxylic acids is 1. The van der Waals surface area contributed by atoms with Crippen molar-refractivity contribution in [1.29, 1.82) is 0 Å². The Hall–Kier alpha value is -3.31. The van der Waals surface area contributed by atoms with Crippen LogP contribution in [0.3, 0.4) is 0 Å². The van der Waals surface area contributed by atoms with Crippen LogP contribution < -0.4 is 5.32 Å². The maximum Gasteiger partial charge on any atom is 0.258 e. The number of rotatable bonds is 3. The highest BCUT2D eigenvalue weighted by molar-refractivity contribution is 6.30. The summed E-state index contributed by atoms with van der Waals surface area (Å²) in [5, 5.41) is 4.14. The predicted octanol–water partition coefficient (Wildman–Crippen LogP) is 4.60. The molecule has 2 aromatic carbocycles. The van der Waals surface area contributed by atoms with Gasteiger partial charge in [0.25, 0.3) is 5.91 Å². The number of carbonyl (C=O) groups is 1. The van der Waals surface area contributed by atoms with Crippen LogP contribution in [0.4, 0.5) is 5.95 Å². The third-order valence-corrected chi connectivity index (χ3v) is 4.14. The van der Waals surface area contributed by atoms with E-state index in [4.69, 9.17) is 11.6 Å². The molecule has 5 nitrogen and oxygen atoms in total. The van der Waals surface area contributed by atoms with Gasteiger partial charge in [0.15, 0.2) is 0 Å². The fourth-order valence-corrected chi connectivity index (χ4v) is 2.79. The first-order valence-electron chi connectivity index (χ1n) is 7.95. The van der Waals surface area contributed by atoms with Crippen LogP contribution in [0.1, 0.15) is 10.4 Å². The fourth-order valence-electron chi connectivity index (χ4n) is 2.66. The Kier molecular flexibility index (Phi) is 4.29. The summed E-state index contributed by atoms with van der Waals surface area (Å²) < 4.78 is 0. The molecule has 0 saturated heterocycles. The topological polar surface area (TPSA) is 67.8 Å². The van der Waals surface area contributed by atoms with Crippen LogP contribution >= 0.6 is 11.6 Å². The summed E-state index contributed by atoms with van der Waals surface area (Å²) in [4.78, 5) is 25.6. The summed E-state index contributed by atoms with van der Waals surface area (Å²) in [5.74, 6) is -0.0311. The number of anilines is 1. The van der Waals surface area contributed by atoms with Crippen molar-refractivity contribution in [2.45, 2.75) is 0 Å². The second-order valence-corrected chi connectivity index (χ2v) is 6.04. The lowest BCUT2D eigenvalue weighted by Crippen LogP contribution is -2.15. The van der Waals surface area contributed by atoms with Gasteiger partial charge in [0.2, 0.25) is 5.95 Å². The van der Waals surface area contributed by atoms with Crippen LogP contribution in [0, 0.1) is 0 Å². The fraction of sp³-hybridized carbons (Fsp3) is 0. The number of para-hydroxylation sites is 1. The smallest absolute Gasteiger partial charge is 0.258 e. The van der Waals surface area contributed by atoms with Crippen LogP contribution in [0.25, 0.3) is 22.2 Å². The zero-order valence-electron chi connectivity index (χ0n) is 13.6. The number of hydrogen-bond acceptors (Lipinski definition) is 4.